The van der Waals surface area contributed by atoms with Crippen LogP contribution in [0, 0.1) is 17.8 Å². The van der Waals surface area contributed by atoms with Crippen molar-refractivity contribution in [1.82, 2.24) is 0 Å². The Morgan fingerprint density at radius 2 is 2.17 bits per heavy atom. The van der Waals surface area contributed by atoms with Crippen LogP contribution in [-0.4, -0.2) is 12.1 Å². The minimum Gasteiger partial charge on any atom is -0.458 e. The van der Waals surface area contributed by atoms with Crippen LogP contribution in [-0.2, 0) is 9.53 Å². The average Bonchev–Trinajstić information content (AvgIpc) is 2.39. The second-order valence-electron chi connectivity index (χ2n) is 3.93. The fraction of sp³-hybridized carbons (Fsp3) is 0.700. The topological polar surface area (TPSA) is 26.3 Å². The third kappa shape index (κ3) is 1.06. The van der Waals surface area contributed by atoms with Crippen molar-refractivity contribution in [2.24, 2.45) is 17.8 Å². The van der Waals surface area contributed by atoms with E-state index in [9.17, 15) is 4.79 Å². The molecule has 2 nitrogen and oxygen atoms in total. The van der Waals surface area contributed by atoms with Gasteiger partial charge in [0.25, 0.3) is 0 Å². The van der Waals surface area contributed by atoms with Crippen LogP contribution in [0.2, 0.25) is 0 Å². The minimum atomic E-state index is -0.0319. The number of carbonyl (C=O) groups is 1. The Bertz CT molecular complexity index is 232. The van der Waals surface area contributed by atoms with Crippen LogP contribution in [0.1, 0.15) is 20.3 Å². The molecule has 0 radical (unpaired) electrons. The Morgan fingerprint density at radius 3 is 2.92 bits per heavy atom. The summed E-state index contributed by atoms with van der Waals surface area (Å²) in [6, 6.07) is 0. The fourth-order valence-corrected chi connectivity index (χ4v) is 2.11. The lowest BCUT2D eigenvalue weighted by atomic mass is 9.76. The molecule has 12 heavy (non-hydrogen) atoms. The van der Waals surface area contributed by atoms with Crippen LogP contribution in [0.15, 0.2) is 12.2 Å². The van der Waals surface area contributed by atoms with E-state index < -0.39 is 0 Å². The molecule has 2 unspecified atom stereocenters. The molecule has 0 saturated carbocycles. The first-order valence-electron chi connectivity index (χ1n) is 4.56. The number of ether oxygens (including phenoxy) is 1. The summed E-state index contributed by atoms with van der Waals surface area (Å²) in [7, 11) is 0. The Morgan fingerprint density at radius 1 is 1.42 bits per heavy atom. The van der Waals surface area contributed by atoms with Gasteiger partial charge < -0.3 is 4.74 Å². The molecule has 1 aliphatic carbocycles. The molecule has 0 aromatic carbocycles. The van der Waals surface area contributed by atoms with E-state index in [1.165, 1.54) is 0 Å². The van der Waals surface area contributed by atoms with Crippen molar-refractivity contribution in [2.45, 2.75) is 26.4 Å². The molecule has 1 heterocycles. The summed E-state index contributed by atoms with van der Waals surface area (Å²) in [5.74, 6) is 1.56. The van der Waals surface area contributed by atoms with Crippen LogP contribution in [0.4, 0.5) is 0 Å². The summed E-state index contributed by atoms with van der Waals surface area (Å²) in [4.78, 5) is 11.0. The Balaban J connectivity index is 2.21. The summed E-state index contributed by atoms with van der Waals surface area (Å²) >= 11 is 0. The molecule has 2 heteroatoms. The van der Waals surface area contributed by atoms with E-state index in [-0.39, 0.29) is 12.1 Å². The van der Waals surface area contributed by atoms with Crippen LogP contribution >= 0.6 is 0 Å². The molecule has 2 rings (SSSR count). The molecule has 4 atom stereocenters. The third-order valence-electron chi connectivity index (χ3n) is 3.20. The van der Waals surface area contributed by atoms with Gasteiger partial charge >= 0.3 is 5.97 Å². The summed E-state index contributed by atoms with van der Waals surface area (Å²) < 4.78 is 5.16. The summed E-state index contributed by atoms with van der Waals surface area (Å²) in [6.45, 7) is 4.40. The van der Waals surface area contributed by atoms with Crippen molar-refractivity contribution in [1.29, 1.82) is 0 Å². The summed E-state index contributed by atoms with van der Waals surface area (Å²) in [6.07, 6.45) is 4.88. The lowest BCUT2D eigenvalue weighted by Gasteiger charge is -2.29. The van der Waals surface area contributed by atoms with E-state index in [1.807, 2.05) is 6.08 Å². The lowest BCUT2D eigenvalue weighted by Crippen LogP contribution is -2.28. The maximum Gasteiger partial charge on any atom is 0.306 e. The third-order valence-corrected chi connectivity index (χ3v) is 3.20. The predicted molar refractivity (Wildman–Crippen MR) is 45.5 cm³/mol. The molecule has 0 N–H and O–H groups in total. The molecular weight excluding hydrogens is 152 g/mol. The second-order valence-corrected chi connectivity index (χ2v) is 3.93. The van der Waals surface area contributed by atoms with Crippen LogP contribution < -0.4 is 0 Å². The van der Waals surface area contributed by atoms with Crippen LogP contribution in [0.5, 0.6) is 0 Å². The first kappa shape index (κ1) is 7.84. The lowest BCUT2D eigenvalue weighted by molar-refractivity contribution is -0.140. The number of esters is 1. The van der Waals surface area contributed by atoms with Crippen molar-refractivity contribution in [3.63, 3.8) is 0 Å². The van der Waals surface area contributed by atoms with Gasteiger partial charge in [-0.2, -0.15) is 0 Å². The van der Waals surface area contributed by atoms with Gasteiger partial charge in [0.1, 0.15) is 6.10 Å². The Labute approximate surface area is 72.6 Å². The Kier molecular flexibility index (Phi) is 1.71. The van der Waals surface area contributed by atoms with Crippen LogP contribution in [0.3, 0.4) is 0 Å². The van der Waals surface area contributed by atoms with Crippen molar-refractivity contribution in [2.75, 3.05) is 0 Å². The van der Waals surface area contributed by atoms with E-state index in [4.69, 9.17) is 4.74 Å². The zero-order valence-electron chi connectivity index (χ0n) is 7.49. The number of rotatable bonds is 0. The van der Waals surface area contributed by atoms with Gasteiger partial charge in [0.05, 0.1) is 6.42 Å². The highest BCUT2D eigenvalue weighted by Gasteiger charge is 2.40. The standard InChI is InChI=1S/C10H14O2/c1-6-3-4-9-8(7(6)2)5-10(11)12-9/h3-4,6-9H,5H2,1-2H3/t6?,7-,8-,9?/m0/s1. The van der Waals surface area contributed by atoms with Crippen molar-refractivity contribution in [3.05, 3.63) is 12.2 Å². The van der Waals surface area contributed by atoms with Gasteiger partial charge in [0, 0.05) is 5.92 Å². The highest BCUT2D eigenvalue weighted by molar-refractivity contribution is 5.72. The summed E-state index contributed by atoms with van der Waals surface area (Å²) in [5, 5.41) is 0. The quantitative estimate of drug-likeness (QED) is 0.405. The maximum atomic E-state index is 11.0. The van der Waals surface area contributed by atoms with Gasteiger partial charge in [-0.3, -0.25) is 4.79 Å². The van der Waals surface area contributed by atoms with E-state index in [2.05, 4.69) is 19.9 Å². The van der Waals surface area contributed by atoms with Crippen molar-refractivity contribution >= 4 is 5.97 Å². The van der Waals surface area contributed by atoms with Crippen LogP contribution in [0.25, 0.3) is 0 Å². The largest absolute Gasteiger partial charge is 0.458 e. The SMILES string of the molecule is CC1C=CC2OC(=O)C[C@H]2[C@H]1C. The van der Waals surface area contributed by atoms with Gasteiger partial charge in [-0.1, -0.05) is 19.9 Å². The van der Waals surface area contributed by atoms with Gasteiger partial charge in [0.2, 0.25) is 0 Å². The van der Waals surface area contributed by atoms with Gasteiger partial charge in [0.15, 0.2) is 0 Å². The van der Waals surface area contributed by atoms with E-state index >= 15 is 0 Å². The zero-order valence-corrected chi connectivity index (χ0v) is 7.49. The maximum absolute atomic E-state index is 11.0. The second kappa shape index (κ2) is 2.61. The normalized spacial score (nSPS) is 45.7. The highest BCUT2D eigenvalue weighted by Crippen LogP contribution is 2.37. The van der Waals surface area contributed by atoms with E-state index in [0.717, 1.165) is 0 Å². The molecular formula is C10H14O2. The molecule has 0 aromatic heterocycles. The first-order chi connectivity index (χ1) is 5.68. The predicted octanol–water partition coefficient (Wildman–Crippen LogP) is 1.76. The highest BCUT2D eigenvalue weighted by atomic mass is 16.5. The van der Waals surface area contributed by atoms with Gasteiger partial charge in [-0.25, -0.2) is 0 Å². The molecule has 2 aliphatic rings. The molecule has 66 valence electrons. The smallest absolute Gasteiger partial charge is 0.306 e. The molecule has 0 aromatic rings. The number of allylic oxidation sites excluding steroid dienone is 1. The minimum absolute atomic E-state index is 0.0319. The molecule has 1 aliphatic heterocycles. The van der Waals surface area contributed by atoms with Gasteiger partial charge in [-0.15, -0.1) is 0 Å². The van der Waals surface area contributed by atoms with Gasteiger partial charge in [-0.05, 0) is 17.9 Å². The average molecular weight is 166 g/mol. The first-order valence-corrected chi connectivity index (χ1v) is 4.56. The summed E-state index contributed by atoms with van der Waals surface area (Å²) in [5.41, 5.74) is 0. The molecule has 1 saturated heterocycles. The molecule has 0 amide bonds. The fourth-order valence-electron chi connectivity index (χ4n) is 2.11. The molecule has 1 fully saturated rings. The van der Waals surface area contributed by atoms with E-state index in [0.29, 0.717) is 24.2 Å². The monoisotopic (exact) mass is 166 g/mol. The number of hydrogen-bond acceptors (Lipinski definition) is 2. The van der Waals surface area contributed by atoms with Crippen molar-refractivity contribution in [3.8, 4) is 0 Å². The van der Waals surface area contributed by atoms with Crippen molar-refractivity contribution < 1.29 is 9.53 Å². The zero-order chi connectivity index (χ0) is 8.72. The Hall–Kier alpha value is -0.790. The van der Waals surface area contributed by atoms with E-state index in [1.54, 1.807) is 0 Å². The number of hydrogen-bond donors (Lipinski definition) is 0. The molecule has 0 spiro atoms. The molecule has 0 bridgehead atoms. The number of carbonyl (C=O) groups excluding carboxylic acids is 1. The number of fused-ring (bicyclic) bond motifs is 1.